The molecule has 0 aromatic carbocycles. The molecule has 3 nitrogen and oxygen atoms in total. The van der Waals surface area contributed by atoms with Crippen molar-refractivity contribution < 1.29 is 4.74 Å². The molecule has 4 heteroatoms. The Hall–Kier alpha value is -0.360. The number of morpholine rings is 1. The van der Waals surface area contributed by atoms with Gasteiger partial charge in [0.1, 0.15) is 9.87 Å². The molecule has 1 atom stereocenters. The molecule has 1 aliphatic rings. The van der Waals surface area contributed by atoms with Crippen LogP contribution in [0.4, 0.5) is 5.82 Å². The van der Waals surface area contributed by atoms with Gasteiger partial charge in [-0.05, 0) is 12.1 Å². The van der Waals surface area contributed by atoms with E-state index in [-0.39, 0.29) is 0 Å². The van der Waals surface area contributed by atoms with E-state index in [9.17, 15) is 0 Å². The number of halogens is 1. The van der Waals surface area contributed by atoms with E-state index in [0.717, 1.165) is 25.6 Å². The number of rotatable bonds is 1. The second-order valence-corrected chi connectivity index (χ2v) is 4.33. The number of aromatic nitrogens is 1. The first kappa shape index (κ1) is 9.21. The van der Waals surface area contributed by atoms with Crippen molar-refractivity contribution in [3.05, 3.63) is 24.4 Å². The number of nitrogens with zero attached hydrogens (tertiary/aromatic N) is 2. The standard InChI is InChI=1S/C9H11IN2O/c10-8-7-13-6-5-12(8)9-3-1-2-4-11-9/h1-4,8H,5-7H2. The van der Waals surface area contributed by atoms with E-state index >= 15 is 0 Å². The van der Waals surface area contributed by atoms with Crippen LogP contribution in [0, 0.1) is 0 Å². The van der Waals surface area contributed by atoms with Crippen LogP contribution in [0.1, 0.15) is 0 Å². The summed E-state index contributed by atoms with van der Waals surface area (Å²) in [6.45, 7) is 2.53. The van der Waals surface area contributed by atoms with Gasteiger partial charge in [0.05, 0.1) is 13.2 Å². The minimum absolute atomic E-state index is 0.404. The van der Waals surface area contributed by atoms with Gasteiger partial charge >= 0.3 is 0 Å². The average molecular weight is 290 g/mol. The van der Waals surface area contributed by atoms with Gasteiger partial charge in [0.25, 0.3) is 0 Å². The van der Waals surface area contributed by atoms with Crippen molar-refractivity contribution in [1.29, 1.82) is 0 Å². The van der Waals surface area contributed by atoms with Crippen molar-refractivity contribution in [2.75, 3.05) is 24.7 Å². The van der Waals surface area contributed by atoms with Gasteiger partial charge in [-0.1, -0.05) is 28.7 Å². The summed E-state index contributed by atoms with van der Waals surface area (Å²) in [5, 5.41) is 0. The van der Waals surface area contributed by atoms with Gasteiger partial charge in [-0.15, -0.1) is 0 Å². The average Bonchev–Trinajstić information content (AvgIpc) is 2.20. The third-order valence-electron chi connectivity index (χ3n) is 2.01. The Morgan fingerprint density at radius 2 is 2.46 bits per heavy atom. The van der Waals surface area contributed by atoms with Crippen LogP contribution in [0.5, 0.6) is 0 Å². The molecule has 13 heavy (non-hydrogen) atoms. The van der Waals surface area contributed by atoms with E-state index in [4.69, 9.17) is 4.74 Å². The highest BCUT2D eigenvalue weighted by atomic mass is 127. The largest absolute Gasteiger partial charge is 0.377 e. The maximum Gasteiger partial charge on any atom is 0.129 e. The van der Waals surface area contributed by atoms with E-state index < -0.39 is 0 Å². The third-order valence-corrected chi connectivity index (χ3v) is 3.05. The maximum atomic E-state index is 5.36. The van der Waals surface area contributed by atoms with Crippen LogP contribution in [0.25, 0.3) is 0 Å². The smallest absolute Gasteiger partial charge is 0.129 e. The number of anilines is 1. The predicted molar refractivity (Wildman–Crippen MR) is 60.2 cm³/mol. The third kappa shape index (κ3) is 2.11. The molecule has 0 bridgehead atoms. The highest BCUT2D eigenvalue weighted by Gasteiger charge is 2.20. The lowest BCUT2D eigenvalue weighted by molar-refractivity contribution is 0.118. The number of hydrogen-bond donors (Lipinski definition) is 0. The molecule has 0 aliphatic carbocycles. The topological polar surface area (TPSA) is 25.4 Å². The van der Waals surface area contributed by atoms with Gasteiger partial charge in [-0.25, -0.2) is 4.98 Å². The van der Waals surface area contributed by atoms with Crippen molar-refractivity contribution in [3.63, 3.8) is 0 Å². The molecule has 1 aromatic rings. The van der Waals surface area contributed by atoms with Crippen molar-refractivity contribution in [2.24, 2.45) is 0 Å². The van der Waals surface area contributed by atoms with E-state index in [0.29, 0.717) is 4.05 Å². The van der Waals surface area contributed by atoms with Crippen LogP contribution < -0.4 is 4.90 Å². The van der Waals surface area contributed by atoms with Crippen LogP contribution in [0.2, 0.25) is 0 Å². The Morgan fingerprint density at radius 1 is 1.54 bits per heavy atom. The van der Waals surface area contributed by atoms with Gasteiger partial charge in [0.2, 0.25) is 0 Å². The lowest BCUT2D eigenvalue weighted by Gasteiger charge is -2.32. The van der Waals surface area contributed by atoms with Crippen LogP contribution in [-0.2, 0) is 4.74 Å². The molecule has 0 radical (unpaired) electrons. The van der Waals surface area contributed by atoms with E-state index in [1.165, 1.54) is 0 Å². The Labute approximate surface area is 91.2 Å². The number of alkyl halides is 1. The molecule has 70 valence electrons. The van der Waals surface area contributed by atoms with Crippen molar-refractivity contribution in [1.82, 2.24) is 4.98 Å². The first-order chi connectivity index (χ1) is 6.38. The summed E-state index contributed by atoms with van der Waals surface area (Å²) in [5.74, 6) is 1.05. The first-order valence-electron chi connectivity index (χ1n) is 4.27. The SMILES string of the molecule is IC1COCCN1c1ccccn1. The van der Waals surface area contributed by atoms with Crippen LogP contribution in [0.15, 0.2) is 24.4 Å². The highest BCUT2D eigenvalue weighted by Crippen LogP contribution is 2.20. The minimum atomic E-state index is 0.404. The summed E-state index contributed by atoms with van der Waals surface area (Å²) in [6.07, 6.45) is 1.83. The van der Waals surface area contributed by atoms with Gasteiger partial charge in [-0.2, -0.15) is 0 Å². The lowest BCUT2D eigenvalue weighted by atomic mass is 10.4. The number of pyridine rings is 1. The highest BCUT2D eigenvalue weighted by molar-refractivity contribution is 14.1. The molecule has 2 rings (SSSR count). The van der Waals surface area contributed by atoms with E-state index in [1.54, 1.807) is 0 Å². The molecule has 1 fully saturated rings. The molecule has 1 aromatic heterocycles. The second-order valence-electron chi connectivity index (χ2n) is 2.89. The van der Waals surface area contributed by atoms with Gasteiger partial charge < -0.3 is 9.64 Å². The van der Waals surface area contributed by atoms with Crippen LogP contribution in [-0.4, -0.2) is 28.8 Å². The van der Waals surface area contributed by atoms with Gasteiger partial charge in [0.15, 0.2) is 0 Å². The van der Waals surface area contributed by atoms with Crippen molar-refractivity contribution in [2.45, 2.75) is 4.05 Å². The normalized spacial score (nSPS) is 23.2. The Morgan fingerprint density at radius 3 is 3.15 bits per heavy atom. The molecule has 2 heterocycles. The summed E-state index contributed by atoms with van der Waals surface area (Å²) in [6, 6.07) is 5.99. The summed E-state index contributed by atoms with van der Waals surface area (Å²) in [4.78, 5) is 6.59. The van der Waals surface area contributed by atoms with E-state index in [1.807, 2.05) is 24.4 Å². The summed E-state index contributed by atoms with van der Waals surface area (Å²) < 4.78 is 5.76. The van der Waals surface area contributed by atoms with Crippen LogP contribution in [0.3, 0.4) is 0 Å². The molecule has 0 amide bonds. The molecule has 0 saturated carbocycles. The summed E-state index contributed by atoms with van der Waals surface area (Å²) in [5.41, 5.74) is 0. The van der Waals surface area contributed by atoms with Crippen molar-refractivity contribution in [3.8, 4) is 0 Å². The maximum absolute atomic E-state index is 5.36. The number of ether oxygens (including phenoxy) is 1. The Kier molecular flexibility index (Phi) is 3.00. The number of hydrogen-bond acceptors (Lipinski definition) is 3. The molecular formula is C9H11IN2O. The summed E-state index contributed by atoms with van der Waals surface area (Å²) in [7, 11) is 0. The zero-order valence-corrected chi connectivity index (χ0v) is 9.35. The minimum Gasteiger partial charge on any atom is -0.377 e. The fraction of sp³-hybridized carbons (Fsp3) is 0.444. The molecule has 1 aliphatic heterocycles. The molecule has 1 unspecified atom stereocenters. The second kappa shape index (κ2) is 4.23. The fourth-order valence-electron chi connectivity index (χ4n) is 1.36. The van der Waals surface area contributed by atoms with Gasteiger partial charge in [-0.3, -0.25) is 0 Å². The molecule has 1 saturated heterocycles. The fourth-order valence-corrected chi connectivity index (χ4v) is 2.17. The predicted octanol–water partition coefficient (Wildman–Crippen LogP) is 1.68. The summed E-state index contributed by atoms with van der Waals surface area (Å²) >= 11 is 2.38. The Balaban J connectivity index is 2.15. The monoisotopic (exact) mass is 290 g/mol. The zero-order valence-electron chi connectivity index (χ0n) is 7.19. The quantitative estimate of drug-likeness (QED) is 0.447. The molecular weight excluding hydrogens is 279 g/mol. The first-order valence-corrected chi connectivity index (χ1v) is 5.52. The molecule has 0 spiro atoms. The zero-order chi connectivity index (χ0) is 9.10. The van der Waals surface area contributed by atoms with Crippen molar-refractivity contribution >= 4 is 28.4 Å². The Bertz CT molecular complexity index is 268. The van der Waals surface area contributed by atoms with Gasteiger partial charge in [0, 0.05) is 12.7 Å². The molecule has 0 N–H and O–H groups in total. The van der Waals surface area contributed by atoms with Crippen LogP contribution >= 0.6 is 22.6 Å². The lowest BCUT2D eigenvalue weighted by Crippen LogP contribution is -2.42. The van der Waals surface area contributed by atoms with E-state index in [2.05, 4.69) is 32.5 Å².